The van der Waals surface area contributed by atoms with Crippen molar-refractivity contribution >= 4 is 11.9 Å². The minimum atomic E-state index is -0.994. The lowest BCUT2D eigenvalue weighted by atomic mass is 9.91. The number of carboxylic acids is 1. The lowest BCUT2D eigenvalue weighted by Crippen LogP contribution is -2.32. The molecular weight excluding hydrogens is 361 g/mol. The quantitative estimate of drug-likeness (QED) is 0.646. The molecule has 3 aromatic rings. The Morgan fingerprint density at radius 3 is 2.39 bits per heavy atom. The minimum Gasteiger partial charge on any atom is -0.478 e. The molecule has 2 aromatic carbocycles. The molecule has 0 aliphatic carbocycles. The number of aromatic carboxylic acids is 1. The van der Waals surface area contributed by atoms with Crippen LogP contribution in [0, 0.1) is 5.82 Å². The van der Waals surface area contributed by atoms with Crippen molar-refractivity contribution in [1.29, 1.82) is 0 Å². The molecular formula is C21H18FN3O3. The number of hydrogen-bond acceptors (Lipinski definition) is 3. The summed E-state index contributed by atoms with van der Waals surface area (Å²) in [4.78, 5) is 30.9. The second kappa shape index (κ2) is 7.26. The van der Waals surface area contributed by atoms with Gasteiger partial charge in [-0.25, -0.2) is 14.2 Å². The lowest BCUT2D eigenvalue weighted by Gasteiger charge is -2.22. The van der Waals surface area contributed by atoms with Crippen molar-refractivity contribution in [3.8, 4) is 22.6 Å². The Kier molecular flexibility index (Phi) is 4.65. The van der Waals surface area contributed by atoms with E-state index in [0.29, 0.717) is 24.5 Å². The van der Waals surface area contributed by atoms with E-state index in [-0.39, 0.29) is 23.2 Å². The van der Waals surface area contributed by atoms with Gasteiger partial charge in [0.25, 0.3) is 0 Å². The number of aromatic nitrogens is 2. The number of imidazole rings is 1. The number of carboxylic acid groups (broad SMARTS) is 1. The van der Waals surface area contributed by atoms with Crippen molar-refractivity contribution in [3.05, 3.63) is 65.6 Å². The first kappa shape index (κ1) is 17.9. The van der Waals surface area contributed by atoms with Crippen LogP contribution in [0.25, 0.3) is 22.6 Å². The molecule has 1 atom stereocenters. The number of nitrogens with zero attached hydrogens (tertiary/aromatic N) is 1. The highest BCUT2D eigenvalue weighted by molar-refractivity contribution is 5.88. The van der Waals surface area contributed by atoms with Gasteiger partial charge in [0.05, 0.1) is 11.3 Å². The first-order chi connectivity index (χ1) is 13.5. The van der Waals surface area contributed by atoms with Crippen molar-refractivity contribution in [1.82, 2.24) is 15.3 Å². The fourth-order valence-electron chi connectivity index (χ4n) is 3.45. The molecule has 1 aromatic heterocycles. The highest BCUT2D eigenvalue weighted by Crippen LogP contribution is 2.35. The van der Waals surface area contributed by atoms with Crippen LogP contribution in [0.3, 0.4) is 0 Å². The monoisotopic (exact) mass is 379 g/mol. The summed E-state index contributed by atoms with van der Waals surface area (Å²) in [5.74, 6) is -0.775. The Morgan fingerprint density at radius 1 is 1.07 bits per heavy atom. The maximum Gasteiger partial charge on any atom is 0.335 e. The summed E-state index contributed by atoms with van der Waals surface area (Å²) in [6.45, 7) is 0.591. The highest BCUT2D eigenvalue weighted by atomic mass is 19.1. The molecule has 1 saturated heterocycles. The summed E-state index contributed by atoms with van der Waals surface area (Å²) in [7, 11) is 0. The first-order valence-electron chi connectivity index (χ1n) is 8.97. The summed E-state index contributed by atoms with van der Waals surface area (Å²) < 4.78 is 13.4. The third-order valence-electron chi connectivity index (χ3n) is 4.91. The molecule has 0 bridgehead atoms. The molecule has 1 unspecified atom stereocenters. The molecule has 0 radical (unpaired) electrons. The Bertz CT molecular complexity index is 1030. The average molecular weight is 379 g/mol. The molecule has 28 heavy (non-hydrogen) atoms. The van der Waals surface area contributed by atoms with E-state index in [9.17, 15) is 14.0 Å². The van der Waals surface area contributed by atoms with Crippen molar-refractivity contribution in [2.75, 3.05) is 6.54 Å². The van der Waals surface area contributed by atoms with Crippen LogP contribution in [-0.4, -0.2) is 33.5 Å². The van der Waals surface area contributed by atoms with Gasteiger partial charge in [0.15, 0.2) is 0 Å². The van der Waals surface area contributed by atoms with Crippen LogP contribution in [0.4, 0.5) is 4.39 Å². The zero-order chi connectivity index (χ0) is 19.7. The van der Waals surface area contributed by atoms with Crippen LogP contribution in [0.15, 0.2) is 48.5 Å². The van der Waals surface area contributed by atoms with Gasteiger partial charge in [-0.2, -0.15) is 0 Å². The van der Waals surface area contributed by atoms with Crippen molar-refractivity contribution < 1.29 is 19.1 Å². The van der Waals surface area contributed by atoms with Gasteiger partial charge in [-0.05, 0) is 42.8 Å². The fraction of sp³-hybridized carbons (Fsp3) is 0.190. The van der Waals surface area contributed by atoms with Crippen LogP contribution in [0.1, 0.15) is 34.8 Å². The van der Waals surface area contributed by atoms with E-state index in [1.807, 2.05) is 0 Å². The zero-order valence-corrected chi connectivity index (χ0v) is 14.9. The number of hydrogen-bond donors (Lipinski definition) is 3. The normalized spacial score (nSPS) is 16.6. The number of aromatic amines is 1. The molecule has 0 spiro atoms. The van der Waals surface area contributed by atoms with Crippen LogP contribution < -0.4 is 5.32 Å². The second-order valence-corrected chi connectivity index (χ2v) is 6.78. The van der Waals surface area contributed by atoms with E-state index >= 15 is 0 Å². The Hall–Kier alpha value is -3.48. The average Bonchev–Trinajstić information content (AvgIpc) is 3.14. The van der Waals surface area contributed by atoms with E-state index in [1.165, 1.54) is 24.3 Å². The van der Waals surface area contributed by atoms with E-state index in [0.717, 1.165) is 23.2 Å². The largest absolute Gasteiger partial charge is 0.478 e. The number of carbonyl (C=O) groups excluding carboxylic acids is 1. The van der Waals surface area contributed by atoms with Crippen molar-refractivity contribution in [3.63, 3.8) is 0 Å². The molecule has 6 nitrogen and oxygen atoms in total. The van der Waals surface area contributed by atoms with Gasteiger partial charge in [-0.1, -0.05) is 12.1 Å². The number of H-pyrrole nitrogens is 1. The topological polar surface area (TPSA) is 95.1 Å². The molecule has 3 N–H and O–H groups in total. The number of amides is 1. The second-order valence-electron chi connectivity index (χ2n) is 6.78. The molecule has 1 aliphatic heterocycles. The van der Waals surface area contributed by atoms with E-state index in [2.05, 4.69) is 10.3 Å². The molecule has 0 saturated carbocycles. The van der Waals surface area contributed by atoms with Crippen LogP contribution >= 0.6 is 0 Å². The molecule has 4 rings (SSSR count). The smallest absolute Gasteiger partial charge is 0.335 e. The predicted octanol–water partition coefficient (Wildman–Crippen LogP) is 3.57. The lowest BCUT2D eigenvalue weighted by molar-refractivity contribution is -0.122. The maximum atomic E-state index is 13.4. The Balaban J connectivity index is 1.78. The Morgan fingerprint density at radius 2 is 1.75 bits per heavy atom. The number of halogens is 1. The zero-order valence-electron chi connectivity index (χ0n) is 14.9. The summed E-state index contributed by atoms with van der Waals surface area (Å²) in [5.41, 5.74) is 3.20. The number of nitrogens with one attached hydrogen (secondary N) is 2. The van der Waals surface area contributed by atoms with Gasteiger partial charge < -0.3 is 15.4 Å². The summed E-state index contributed by atoms with van der Waals surface area (Å²) in [6, 6.07) is 12.5. The van der Waals surface area contributed by atoms with Gasteiger partial charge in [-0.15, -0.1) is 0 Å². The molecule has 142 valence electrons. The maximum absolute atomic E-state index is 13.4. The van der Waals surface area contributed by atoms with Crippen molar-refractivity contribution in [2.45, 2.75) is 18.8 Å². The minimum absolute atomic E-state index is 0.0109. The van der Waals surface area contributed by atoms with Crippen LogP contribution in [0.5, 0.6) is 0 Å². The summed E-state index contributed by atoms with van der Waals surface area (Å²) >= 11 is 0. The van der Waals surface area contributed by atoms with Gasteiger partial charge >= 0.3 is 5.97 Å². The molecule has 7 heteroatoms. The number of carbonyl (C=O) groups is 2. The van der Waals surface area contributed by atoms with Gasteiger partial charge in [0, 0.05) is 35.7 Å². The van der Waals surface area contributed by atoms with E-state index < -0.39 is 5.97 Å². The molecule has 1 fully saturated rings. The summed E-state index contributed by atoms with van der Waals surface area (Å²) in [5, 5.41) is 11.9. The van der Waals surface area contributed by atoms with Crippen molar-refractivity contribution in [2.24, 2.45) is 0 Å². The van der Waals surface area contributed by atoms with E-state index in [4.69, 9.17) is 10.1 Å². The Labute approximate surface area is 160 Å². The van der Waals surface area contributed by atoms with Crippen LogP contribution in [0.2, 0.25) is 0 Å². The highest BCUT2D eigenvalue weighted by Gasteiger charge is 2.26. The number of benzene rings is 2. The first-order valence-corrected chi connectivity index (χ1v) is 8.97. The molecule has 1 amide bonds. The molecule has 2 heterocycles. The third kappa shape index (κ3) is 3.51. The van der Waals surface area contributed by atoms with Crippen LogP contribution in [-0.2, 0) is 4.79 Å². The van der Waals surface area contributed by atoms with Gasteiger partial charge in [-0.3, -0.25) is 4.79 Å². The van der Waals surface area contributed by atoms with Gasteiger partial charge in [0.2, 0.25) is 5.91 Å². The standard InChI is InChI=1S/C21H18FN3O3/c22-16-7-5-12(6-8-16)18-19(15-9-10-23-17(26)11-15)25-20(24-18)13-1-3-14(4-2-13)21(27)28/h1-8,15H,9-11H2,(H,23,26)(H,24,25)(H,27,28). The van der Waals surface area contributed by atoms with E-state index in [1.54, 1.807) is 24.3 Å². The number of rotatable bonds is 4. The predicted molar refractivity (Wildman–Crippen MR) is 101 cm³/mol. The van der Waals surface area contributed by atoms with Gasteiger partial charge in [0.1, 0.15) is 11.6 Å². The fourth-order valence-corrected chi connectivity index (χ4v) is 3.45. The third-order valence-corrected chi connectivity index (χ3v) is 4.91. The SMILES string of the molecule is O=C1CC(c2[nH]c(-c3ccc(C(=O)O)cc3)nc2-c2ccc(F)cc2)CCN1. The molecule has 1 aliphatic rings. The number of piperidine rings is 1. The summed E-state index contributed by atoms with van der Waals surface area (Å²) in [6.07, 6.45) is 1.13.